The van der Waals surface area contributed by atoms with Crippen LogP contribution >= 0.6 is 11.6 Å². The number of nitrogens with zero attached hydrogens (tertiary/aromatic N) is 3. The van der Waals surface area contributed by atoms with Crippen molar-refractivity contribution in [3.05, 3.63) is 65.0 Å². The predicted molar refractivity (Wildman–Crippen MR) is 106 cm³/mol. The molecule has 0 bridgehead atoms. The molecule has 0 radical (unpaired) electrons. The zero-order valence-corrected chi connectivity index (χ0v) is 16.0. The first-order valence-electron chi connectivity index (χ1n) is 8.70. The number of aromatic nitrogens is 2. The summed E-state index contributed by atoms with van der Waals surface area (Å²) in [6.45, 7) is 2.65. The van der Waals surface area contributed by atoms with Gasteiger partial charge in [0.1, 0.15) is 0 Å². The molecule has 1 amide bonds. The third-order valence-corrected chi connectivity index (χ3v) is 4.28. The summed E-state index contributed by atoms with van der Waals surface area (Å²) in [5.41, 5.74) is 2.74. The molecule has 27 heavy (non-hydrogen) atoms. The summed E-state index contributed by atoms with van der Waals surface area (Å²) in [5, 5.41) is 7.54. The van der Waals surface area contributed by atoms with Crippen molar-refractivity contribution < 1.29 is 9.32 Å². The fraction of sp³-hybridized carbons (Fsp3) is 0.250. The summed E-state index contributed by atoms with van der Waals surface area (Å²) < 4.78 is 5.29. The lowest BCUT2D eigenvalue weighted by molar-refractivity contribution is -0.117. The SMILES string of the molecule is CCc1ccccc1NC(=O)CN(C)Cc1nc(-c2cccc(Cl)c2)no1. The smallest absolute Gasteiger partial charge is 0.241 e. The van der Waals surface area contributed by atoms with E-state index >= 15 is 0 Å². The molecule has 0 unspecified atom stereocenters. The molecule has 2 aromatic carbocycles. The van der Waals surface area contributed by atoms with Crippen LogP contribution in [0.15, 0.2) is 53.1 Å². The van der Waals surface area contributed by atoms with Crippen LogP contribution in [0.1, 0.15) is 18.4 Å². The molecular weight excluding hydrogens is 364 g/mol. The molecule has 140 valence electrons. The van der Waals surface area contributed by atoms with E-state index in [0.29, 0.717) is 23.3 Å². The van der Waals surface area contributed by atoms with Crippen molar-refractivity contribution in [1.82, 2.24) is 15.0 Å². The van der Waals surface area contributed by atoms with Gasteiger partial charge in [-0.15, -0.1) is 0 Å². The van der Waals surface area contributed by atoms with Crippen molar-refractivity contribution in [1.29, 1.82) is 0 Å². The highest BCUT2D eigenvalue weighted by Gasteiger charge is 2.14. The molecule has 1 heterocycles. The minimum atomic E-state index is -0.0898. The van der Waals surface area contributed by atoms with E-state index in [0.717, 1.165) is 23.2 Å². The van der Waals surface area contributed by atoms with Crippen LogP contribution in [-0.4, -0.2) is 34.5 Å². The molecule has 7 heteroatoms. The van der Waals surface area contributed by atoms with Crippen LogP contribution in [0.3, 0.4) is 0 Å². The van der Waals surface area contributed by atoms with Crippen molar-refractivity contribution in [3.8, 4) is 11.4 Å². The summed E-state index contributed by atoms with van der Waals surface area (Å²) in [5.74, 6) is 0.824. The molecule has 0 fully saturated rings. The minimum Gasteiger partial charge on any atom is -0.338 e. The standard InChI is InChI=1S/C20H21ClN4O2/c1-3-14-7-4-5-10-17(14)22-18(26)12-25(2)13-19-23-20(24-27-19)15-8-6-9-16(21)11-15/h4-11H,3,12-13H2,1-2H3,(H,22,26). The van der Waals surface area contributed by atoms with E-state index in [4.69, 9.17) is 16.1 Å². The van der Waals surface area contributed by atoms with Crippen LogP contribution in [0.2, 0.25) is 5.02 Å². The van der Waals surface area contributed by atoms with E-state index in [1.54, 1.807) is 12.1 Å². The second-order valence-electron chi connectivity index (χ2n) is 6.25. The number of benzene rings is 2. The van der Waals surface area contributed by atoms with Gasteiger partial charge in [-0.1, -0.05) is 54.0 Å². The van der Waals surface area contributed by atoms with Crippen LogP contribution in [0.25, 0.3) is 11.4 Å². The lowest BCUT2D eigenvalue weighted by Crippen LogP contribution is -2.30. The number of carbonyl (C=O) groups excluding carboxylic acids is 1. The molecule has 1 aromatic heterocycles. The van der Waals surface area contributed by atoms with Crippen molar-refractivity contribution in [3.63, 3.8) is 0 Å². The lowest BCUT2D eigenvalue weighted by Gasteiger charge is -2.15. The molecule has 3 rings (SSSR count). The Balaban J connectivity index is 1.58. The predicted octanol–water partition coefficient (Wildman–Crippen LogP) is 4.02. The van der Waals surface area contributed by atoms with Gasteiger partial charge in [-0.05, 0) is 37.2 Å². The largest absolute Gasteiger partial charge is 0.338 e. The lowest BCUT2D eigenvalue weighted by atomic mass is 10.1. The molecule has 0 aliphatic carbocycles. The number of carbonyl (C=O) groups is 1. The number of rotatable bonds is 7. The van der Waals surface area contributed by atoms with Crippen LogP contribution < -0.4 is 5.32 Å². The highest BCUT2D eigenvalue weighted by molar-refractivity contribution is 6.30. The van der Waals surface area contributed by atoms with Crippen molar-refractivity contribution in [2.24, 2.45) is 0 Å². The van der Waals surface area contributed by atoms with Crippen LogP contribution in [0.5, 0.6) is 0 Å². The molecule has 0 atom stereocenters. The van der Waals surface area contributed by atoms with Gasteiger partial charge >= 0.3 is 0 Å². The third kappa shape index (κ3) is 5.15. The number of nitrogens with one attached hydrogen (secondary N) is 1. The number of hydrogen-bond acceptors (Lipinski definition) is 5. The maximum Gasteiger partial charge on any atom is 0.241 e. The number of aryl methyl sites for hydroxylation is 1. The Kier molecular flexibility index (Phi) is 6.21. The third-order valence-electron chi connectivity index (χ3n) is 4.04. The summed E-state index contributed by atoms with van der Waals surface area (Å²) in [6, 6.07) is 15.1. The highest BCUT2D eigenvalue weighted by Crippen LogP contribution is 2.20. The Labute approximate surface area is 163 Å². The average Bonchev–Trinajstić information content (AvgIpc) is 3.10. The summed E-state index contributed by atoms with van der Waals surface area (Å²) in [4.78, 5) is 18.5. The Hall–Kier alpha value is -2.70. The monoisotopic (exact) mass is 384 g/mol. The topological polar surface area (TPSA) is 71.3 Å². The van der Waals surface area contributed by atoms with Crippen molar-refractivity contribution >= 4 is 23.2 Å². The van der Waals surface area contributed by atoms with Gasteiger partial charge in [-0.3, -0.25) is 9.69 Å². The van der Waals surface area contributed by atoms with Gasteiger partial charge in [-0.2, -0.15) is 4.98 Å². The number of hydrogen-bond donors (Lipinski definition) is 1. The molecule has 0 aliphatic heterocycles. The van der Waals surface area contributed by atoms with E-state index in [-0.39, 0.29) is 12.5 Å². The molecule has 0 saturated carbocycles. The number of amides is 1. The number of halogens is 1. The summed E-state index contributed by atoms with van der Waals surface area (Å²) >= 11 is 5.99. The Bertz CT molecular complexity index is 926. The van der Waals surface area contributed by atoms with E-state index in [1.165, 1.54) is 0 Å². The zero-order chi connectivity index (χ0) is 19.2. The van der Waals surface area contributed by atoms with Crippen molar-refractivity contribution in [2.75, 3.05) is 18.9 Å². The first-order chi connectivity index (χ1) is 13.0. The second kappa shape index (κ2) is 8.79. The molecule has 6 nitrogen and oxygen atoms in total. The minimum absolute atomic E-state index is 0.0898. The van der Waals surface area contributed by atoms with Crippen LogP contribution in [-0.2, 0) is 17.8 Å². The second-order valence-corrected chi connectivity index (χ2v) is 6.69. The first kappa shape index (κ1) is 19.1. The van der Waals surface area contributed by atoms with Gasteiger partial charge in [0, 0.05) is 16.3 Å². The first-order valence-corrected chi connectivity index (χ1v) is 9.07. The summed E-state index contributed by atoms with van der Waals surface area (Å²) in [6.07, 6.45) is 0.862. The van der Waals surface area contributed by atoms with Gasteiger partial charge in [0.25, 0.3) is 0 Å². The fourth-order valence-corrected chi connectivity index (χ4v) is 2.93. The number of para-hydroxylation sites is 1. The van der Waals surface area contributed by atoms with E-state index in [9.17, 15) is 4.79 Å². The molecule has 3 aromatic rings. The molecule has 0 spiro atoms. The van der Waals surface area contributed by atoms with Gasteiger partial charge < -0.3 is 9.84 Å². The quantitative estimate of drug-likeness (QED) is 0.666. The highest BCUT2D eigenvalue weighted by atomic mass is 35.5. The molecular formula is C20H21ClN4O2. The maximum atomic E-state index is 12.3. The average molecular weight is 385 g/mol. The van der Waals surface area contributed by atoms with Gasteiger partial charge in [0.15, 0.2) is 0 Å². The van der Waals surface area contributed by atoms with Gasteiger partial charge in [-0.25, -0.2) is 0 Å². The Morgan fingerprint density at radius 2 is 2.04 bits per heavy atom. The fourth-order valence-electron chi connectivity index (χ4n) is 2.74. The van der Waals surface area contributed by atoms with Crippen LogP contribution in [0.4, 0.5) is 5.69 Å². The normalized spacial score (nSPS) is 11.0. The molecule has 0 saturated heterocycles. The zero-order valence-electron chi connectivity index (χ0n) is 15.3. The molecule has 1 N–H and O–H groups in total. The van der Waals surface area contributed by atoms with Crippen LogP contribution in [0, 0.1) is 0 Å². The Morgan fingerprint density at radius 1 is 1.22 bits per heavy atom. The van der Waals surface area contributed by atoms with Crippen molar-refractivity contribution in [2.45, 2.75) is 19.9 Å². The maximum absolute atomic E-state index is 12.3. The van der Waals surface area contributed by atoms with Gasteiger partial charge in [0.05, 0.1) is 13.1 Å². The Morgan fingerprint density at radius 3 is 2.81 bits per heavy atom. The summed E-state index contributed by atoms with van der Waals surface area (Å²) in [7, 11) is 1.83. The van der Waals surface area contributed by atoms with E-state index in [2.05, 4.69) is 22.4 Å². The molecule has 0 aliphatic rings. The van der Waals surface area contributed by atoms with E-state index in [1.807, 2.05) is 48.3 Å². The van der Waals surface area contributed by atoms with E-state index < -0.39 is 0 Å². The van der Waals surface area contributed by atoms with Gasteiger partial charge in [0.2, 0.25) is 17.6 Å². The number of anilines is 1. The number of likely N-dealkylation sites (N-methyl/N-ethyl adjacent to an activating group) is 1.